The summed E-state index contributed by atoms with van der Waals surface area (Å²) >= 11 is 0.364. The highest BCUT2D eigenvalue weighted by molar-refractivity contribution is 7.99. The highest BCUT2D eigenvalue weighted by Crippen LogP contribution is 2.33. The number of carbonyl (C=O) groups excluding carboxylic acids is 1. The number of hydrogen-bond acceptors (Lipinski definition) is 4. The molecule has 1 aliphatic rings. The summed E-state index contributed by atoms with van der Waals surface area (Å²) < 4.78 is 36.3. The van der Waals surface area contributed by atoms with Crippen LogP contribution in [0.25, 0.3) is 0 Å². The average molecular weight is 365 g/mol. The number of amides is 1. The van der Waals surface area contributed by atoms with Gasteiger partial charge in [-0.25, -0.2) is 0 Å². The topological polar surface area (TPSA) is 47.6 Å². The van der Waals surface area contributed by atoms with Crippen molar-refractivity contribution in [2.75, 3.05) is 13.2 Å². The minimum Gasteiger partial charge on any atom is -0.486 e. The molecular weight excluding hydrogens is 348 g/mol. The Morgan fingerprint density at radius 1 is 1.12 bits per heavy atom. The fourth-order valence-electron chi connectivity index (χ4n) is 2.54. The lowest BCUT2D eigenvalue weighted by Crippen LogP contribution is -2.27. The van der Waals surface area contributed by atoms with Gasteiger partial charge in [-0.05, 0) is 36.8 Å². The van der Waals surface area contributed by atoms with E-state index >= 15 is 0 Å². The second-order valence-corrected chi connectivity index (χ2v) is 6.50. The van der Waals surface area contributed by atoms with Gasteiger partial charge in [-0.15, -0.1) is 0 Å². The van der Waals surface area contributed by atoms with E-state index in [2.05, 4.69) is 5.32 Å². The number of carbonyl (C=O) groups is 1. The van der Waals surface area contributed by atoms with Gasteiger partial charge in [0.15, 0.2) is 11.5 Å². The number of thioether (sulfide) groups is 1. The summed E-state index contributed by atoms with van der Waals surface area (Å²) in [6.07, 6.45) is 0. The number of hydrogen-bond donors (Lipinski definition) is 1. The number of nitrogens with one attached hydrogen (secondary N) is 1. The Hall–Kier alpha value is -2.28. The Balaban J connectivity index is 1.75. The number of rotatable bonds is 5. The molecule has 0 radical (unpaired) electrons. The molecule has 2 aromatic rings. The molecule has 2 aromatic carbocycles. The maximum absolute atomic E-state index is 12.7. The van der Waals surface area contributed by atoms with Gasteiger partial charge in [0.05, 0.1) is 11.6 Å². The van der Waals surface area contributed by atoms with Gasteiger partial charge in [0.1, 0.15) is 13.2 Å². The summed E-state index contributed by atoms with van der Waals surface area (Å²) in [5.41, 5.74) is 1.08. The molecule has 25 heavy (non-hydrogen) atoms. The van der Waals surface area contributed by atoms with Crippen LogP contribution >= 0.6 is 11.8 Å². The molecule has 0 spiro atoms. The fourth-order valence-corrected chi connectivity index (χ4v) is 3.18. The van der Waals surface area contributed by atoms with Crippen LogP contribution in [-0.2, 0) is 0 Å². The van der Waals surface area contributed by atoms with Gasteiger partial charge in [0.25, 0.3) is 11.7 Å². The maximum Gasteiger partial charge on any atom is 0.288 e. The summed E-state index contributed by atoms with van der Waals surface area (Å²) in [5, 5.41) is 2.84. The molecule has 0 aromatic heterocycles. The van der Waals surface area contributed by atoms with Crippen molar-refractivity contribution in [3.8, 4) is 11.5 Å². The fraction of sp³-hybridized carbons (Fsp3) is 0.278. The Morgan fingerprint density at radius 3 is 2.60 bits per heavy atom. The van der Waals surface area contributed by atoms with E-state index in [1.165, 1.54) is 12.1 Å². The first-order valence-corrected chi connectivity index (χ1v) is 8.67. The van der Waals surface area contributed by atoms with E-state index in [1.54, 1.807) is 18.2 Å². The minimum absolute atomic E-state index is 0.234. The largest absolute Gasteiger partial charge is 0.486 e. The normalized spacial score (nSPS) is 14.2. The molecule has 3 rings (SSSR count). The quantitative estimate of drug-likeness (QED) is 0.804. The van der Waals surface area contributed by atoms with Crippen molar-refractivity contribution in [2.24, 2.45) is 0 Å². The zero-order valence-corrected chi connectivity index (χ0v) is 14.3. The van der Waals surface area contributed by atoms with Crippen LogP contribution in [0.5, 0.6) is 11.5 Å². The van der Waals surface area contributed by atoms with Crippen LogP contribution in [0.3, 0.4) is 0 Å². The number of benzene rings is 2. The summed E-state index contributed by atoms with van der Waals surface area (Å²) in [6, 6.07) is 11.5. The van der Waals surface area contributed by atoms with Gasteiger partial charge in [-0.3, -0.25) is 4.79 Å². The standard InChI is InChI=1S/C18H17F2NO3S/c1-11(12-6-7-14-15(10-12)24-9-8-23-14)21-17(22)13-4-2-3-5-16(13)25-18(19)20/h2-7,10-11,18H,8-9H2,1H3,(H,21,22). The van der Waals surface area contributed by atoms with E-state index in [9.17, 15) is 13.6 Å². The first-order valence-electron chi connectivity index (χ1n) is 7.79. The van der Waals surface area contributed by atoms with Gasteiger partial charge in [0.2, 0.25) is 0 Å². The van der Waals surface area contributed by atoms with Crippen LogP contribution in [0.2, 0.25) is 0 Å². The predicted molar refractivity (Wildman–Crippen MR) is 91.6 cm³/mol. The van der Waals surface area contributed by atoms with Crippen LogP contribution in [0, 0.1) is 0 Å². The van der Waals surface area contributed by atoms with Gasteiger partial charge in [0, 0.05) is 4.90 Å². The van der Waals surface area contributed by atoms with Gasteiger partial charge >= 0.3 is 0 Å². The average Bonchev–Trinajstić information content (AvgIpc) is 2.61. The lowest BCUT2D eigenvalue weighted by atomic mass is 10.1. The Kier molecular flexibility index (Phi) is 5.43. The SMILES string of the molecule is CC(NC(=O)c1ccccc1SC(F)F)c1ccc2c(c1)OCCO2. The van der Waals surface area contributed by atoms with E-state index in [0.29, 0.717) is 36.5 Å². The number of ether oxygens (including phenoxy) is 2. The summed E-state index contributed by atoms with van der Waals surface area (Å²) in [4.78, 5) is 12.7. The number of fused-ring (bicyclic) bond motifs is 1. The first kappa shape index (κ1) is 17.5. The highest BCUT2D eigenvalue weighted by atomic mass is 32.2. The number of halogens is 2. The van der Waals surface area contributed by atoms with E-state index < -0.39 is 11.7 Å². The van der Waals surface area contributed by atoms with Crippen LogP contribution in [-0.4, -0.2) is 24.9 Å². The van der Waals surface area contributed by atoms with Gasteiger partial charge in [-0.1, -0.05) is 30.0 Å². The van der Waals surface area contributed by atoms with Crippen LogP contribution in [0.4, 0.5) is 8.78 Å². The summed E-state index contributed by atoms with van der Waals surface area (Å²) in [7, 11) is 0. The highest BCUT2D eigenvalue weighted by Gasteiger charge is 2.19. The lowest BCUT2D eigenvalue weighted by molar-refractivity contribution is 0.0936. The molecule has 0 fully saturated rings. The molecule has 1 atom stereocenters. The minimum atomic E-state index is -2.58. The molecule has 1 N–H and O–H groups in total. The van der Waals surface area contributed by atoms with E-state index in [1.807, 2.05) is 19.1 Å². The second kappa shape index (κ2) is 7.74. The van der Waals surface area contributed by atoms with Crippen molar-refractivity contribution in [3.05, 3.63) is 53.6 Å². The van der Waals surface area contributed by atoms with Crippen molar-refractivity contribution in [1.82, 2.24) is 5.32 Å². The zero-order chi connectivity index (χ0) is 17.8. The molecule has 7 heteroatoms. The first-order chi connectivity index (χ1) is 12.0. The van der Waals surface area contributed by atoms with Crippen molar-refractivity contribution >= 4 is 17.7 Å². The maximum atomic E-state index is 12.7. The molecule has 0 aliphatic carbocycles. The zero-order valence-electron chi connectivity index (χ0n) is 13.5. The molecule has 0 bridgehead atoms. The summed E-state index contributed by atoms with van der Waals surface area (Å²) in [5.74, 6) is -1.67. The van der Waals surface area contributed by atoms with Crippen LogP contribution in [0.1, 0.15) is 28.9 Å². The van der Waals surface area contributed by atoms with E-state index in [-0.39, 0.29) is 16.5 Å². The van der Waals surface area contributed by atoms with Crippen molar-refractivity contribution in [2.45, 2.75) is 23.6 Å². The van der Waals surface area contributed by atoms with Crippen molar-refractivity contribution in [3.63, 3.8) is 0 Å². The summed E-state index contributed by atoms with van der Waals surface area (Å²) in [6.45, 7) is 2.82. The molecule has 1 heterocycles. The monoisotopic (exact) mass is 365 g/mol. The second-order valence-electron chi connectivity index (χ2n) is 5.47. The third-order valence-electron chi connectivity index (χ3n) is 3.76. The Labute approximate surface area is 148 Å². The molecule has 1 amide bonds. The van der Waals surface area contributed by atoms with Crippen molar-refractivity contribution < 1.29 is 23.0 Å². The Morgan fingerprint density at radius 2 is 1.84 bits per heavy atom. The molecule has 1 unspecified atom stereocenters. The molecule has 0 saturated heterocycles. The van der Waals surface area contributed by atoms with Crippen molar-refractivity contribution in [1.29, 1.82) is 0 Å². The molecule has 132 valence electrons. The molecule has 4 nitrogen and oxygen atoms in total. The number of alkyl halides is 2. The van der Waals surface area contributed by atoms with E-state index in [0.717, 1.165) is 5.56 Å². The predicted octanol–water partition coefficient (Wildman–Crippen LogP) is 4.26. The molecule has 1 aliphatic heterocycles. The van der Waals surface area contributed by atoms with Gasteiger partial charge in [-0.2, -0.15) is 8.78 Å². The van der Waals surface area contributed by atoms with Crippen LogP contribution in [0.15, 0.2) is 47.4 Å². The van der Waals surface area contributed by atoms with E-state index in [4.69, 9.17) is 9.47 Å². The Bertz CT molecular complexity index is 770. The lowest BCUT2D eigenvalue weighted by Gasteiger charge is -2.21. The third kappa shape index (κ3) is 4.22. The third-order valence-corrected chi connectivity index (χ3v) is 4.55. The molecular formula is C18H17F2NO3S. The van der Waals surface area contributed by atoms with Crippen LogP contribution < -0.4 is 14.8 Å². The van der Waals surface area contributed by atoms with Gasteiger partial charge < -0.3 is 14.8 Å². The smallest absolute Gasteiger partial charge is 0.288 e. The molecule has 0 saturated carbocycles.